The summed E-state index contributed by atoms with van der Waals surface area (Å²) in [6, 6.07) is 8.41. The highest BCUT2D eigenvalue weighted by Crippen LogP contribution is 2.20. The van der Waals surface area contributed by atoms with Crippen LogP contribution in [0, 0.1) is 5.82 Å². The molecule has 7 nitrogen and oxygen atoms in total. The first-order chi connectivity index (χ1) is 14.1. The lowest BCUT2D eigenvalue weighted by atomic mass is 10.2. The lowest BCUT2D eigenvalue weighted by Gasteiger charge is -2.37. The lowest BCUT2D eigenvalue weighted by molar-refractivity contribution is 0.0637. The van der Waals surface area contributed by atoms with E-state index in [0.29, 0.717) is 5.69 Å². The first-order valence-corrected chi connectivity index (χ1v) is 10.2. The molecule has 0 radical (unpaired) electrons. The second kappa shape index (κ2) is 8.73. The van der Waals surface area contributed by atoms with Crippen LogP contribution in [0.4, 0.5) is 15.9 Å². The molecule has 0 N–H and O–H groups in total. The number of rotatable bonds is 4. The van der Waals surface area contributed by atoms with E-state index in [1.54, 1.807) is 0 Å². The standard InChI is InChI=1S/C21H27FN6O/c1-2-25-7-9-28(10-8-25)21(29)19-15-20(24-16-23-19)27-13-11-26(12-14-27)18-5-3-17(22)4-6-18/h3-6,15-16H,2,7-14H2,1H3. The van der Waals surface area contributed by atoms with E-state index in [1.165, 1.54) is 18.5 Å². The number of carbonyl (C=O) groups is 1. The molecule has 8 heteroatoms. The number of piperazine rings is 2. The number of carbonyl (C=O) groups excluding carboxylic acids is 1. The Kier molecular flexibility index (Phi) is 5.89. The molecular weight excluding hydrogens is 371 g/mol. The Balaban J connectivity index is 1.38. The first-order valence-electron chi connectivity index (χ1n) is 10.2. The van der Waals surface area contributed by atoms with Gasteiger partial charge < -0.3 is 19.6 Å². The van der Waals surface area contributed by atoms with Crippen molar-refractivity contribution in [1.82, 2.24) is 19.8 Å². The van der Waals surface area contributed by atoms with Crippen LogP contribution >= 0.6 is 0 Å². The third kappa shape index (κ3) is 4.48. The second-order valence-electron chi connectivity index (χ2n) is 7.44. The molecule has 29 heavy (non-hydrogen) atoms. The fourth-order valence-electron chi connectivity index (χ4n) is 3.91. The van der Waals surface area contributed by atoms with Gasteiger partial charge in [-0.05, 0) is 30.8 Å². The van der Waals surface area contributed by atoms with Crippen LogP contribution in [0.1, 0.15) is 17.4 Å². The molecule has 0 aliphatic carbocycles. The molecule has 2 aliphatic rings. The van der Waals surface area contributed by atoms with Crippen molar-refractivity contribution in [3.05, 3.63) is 48.2 Å². The summed E-state index contributed by atoms with van der Waals surface area (Å²) in [4.78, 5) is 30.1. The molecule has 4 rings (SSSR count). The van der Waals surface area contributed by atoms with Crippen molar-refractivity contribution in [3.63, 3.8) is 0 Å². The number of amides is 1. The molecule has 0 unspecified atom stereocenters. The molecule has 1 aromatic carbocycles. The molecule has 2 saturated heterocycles. The minimum Gasteiger partial charge on any atom is -0.368 e. The maximum Gasteiger partial charge on any atom is 0.272 e. The minimum absolute atomic E-state index is 0.0191. The Morgan fingerprint density at radius 3 is 2.24 bits per heavy atom. The van der Waals surface area contributed by atoms with Gasteiger partial charge >= 0.3 is 0 Å². The predicted molar refractivity (Wildman–Crippen MR) is 111 cm³/mol. The minimum atomic E-state index is -0.221. The number of likely N-dealkylation sites (N-methyl/N-ethyl adjacent to an activating group) is 1. The molecule has 1 aromatic heterocycles. The third-order valence-electron chi connectivity index (χ3n) is 5.77. The van der Waals surface area contributed by atoms with Gasteiger partial charge in [0, 0.05) is 64.1 Å². The van der Waals surface area contributed by atoms with Crippen molar-refractivity contribution in [3.8, 4) is 0 Å². The van der Waals surface area contributed by atoms with Crippen LogP contribution in [0.15, 0.2) is 36.7 Å². The van der Waals surface area contributed by atoms with E-state index in [-0.39, 0.29) is 11.7 Å². The van der Waals surface area contributed by atoms with E-state index in [4.69, 9.17) is 0 Å². The van der Waals surface area contributed by atoms with Gasteiger partial charge in [0.1, 0.15) is 23.7 Å². The van der Waals surface area contributed by atoms with Crippen LogP contribution in [0.5, 0.6) is 0 Å². The highest BCUT2D eigenvalue weighted by Gasteiger charge is 2.24. The molecule has 3 heterocycles. The van der Waals surface area contributed by atoms with E-state index in [0.717, 1.165) is 70.4 Å². The summed E-state index contributed by atoms with van der Waals surface area (Å²) in [5.74, 6) is 0.547. The Bertz CT molecular complexity index is 829. The van der Waals surface area contributed by atoms with Gasteiger partial charge in [0.25, 0.3) is 5.91 Å². The average Bonchev–Trinajstić information content (AvgIpc) is 2.79. The van der Waals surface area contributed by atoms with E-state index < -0.39 is 0 Å². The maximum atomic E-state index is 13.1. The zero-order chi connectivity index (χ0) is 20.2. The van der Waals surface area contributed by atoms with E-state index in [1.807, 2.05) is 23.1 Å². The van der Waals surface area contributed by atoms with Gasteiger partial charge in [-0.3, -0.25) is 4.79 Å². The molecule has 2 aliphatic heterocycles. The van der Waals surface area contributed by atoms with E-state index in [9.17, 15) is 9.18 Å². The van der Waals surface area contributed by atoms with Crippen LogP contribution in [0.25, 0.3) is 0 Å². The summed E-state index contributed by atoms with van der Waals surface area (Å²) in [6.45, 7) is 9.67. The number of aromatic nitrogens is 2. The number of halogens is 1. The third-order valence-corrected chi connectivity index (χ3v) is 5.77. The smallest absolute Gasteiger partial charge is 0.272 e. The zero-order valence-corrected chi connectivity index (χ0v) is 16.8. The van der Waals surface area contributed by atoms with Crippen LogP contribution in [0.2, 0.25) is 0 Å². The summed E-state index contributed by atoms with van der Waals surface area (Å²) >= 11 is 0. The van der Waals surface area contributed by atoms with Gasteiger partial charge in [-0.2, -0.15) is 0 Å². The second-order valence-corrected chi connectivity index (χ2v) is 7.44. The summed E-state index contributed by atoms with van der Waals surface area (Å²) in [5.41, 5.74) is 1.48. The molecule has 0 bridgehead atoms. The number of benzene rings is 1. The monoisotopic (exact) mass is 398 g/mol. The van der Waals surface area contributed by atoms with Crippen molar-refractivity contribution in [1.29, 1.82) is 0 Å². The van der Waals surface area contributed by atoms with Gasteiger partial charge in [0.15, 0.2) is 0 Å². The molecule has 0 spiro atoms. The quantitative estimate of drug-likeness (QED) is 0.782. The maximum absolute atomic E-state index is 13.1. The van der Waals surface area contributed by atoms with Gasteiger partial charge in [-0.1, -0.05) is 6.92 Å². The molecule has 2 fully saturated rings. The van der Waals surface area contributed by atoms with Gasteiger partial charge in [-0.25, -0.2) is 14.4 Å². The van der Waals surface area contributed by atoms with Crippen LogP contribution < -0.4 is 9.80 Å². The largest absolute Gasteiger partial charge is 0.368 e. The predicted octanol–water partition coefficient (Wildman–Crippen LogP) is 1.72. The highest BCUT2D eigenvalue weighted by molar-refractivity contribution is 5.93. The normalized spacial score (nSPS) is 18.2. The van der Waals surface area contributed by atoms with Crippen LogP contribution in [-0.4, -0.2) is 84.6 Å². The average molecular weight is 398 g/mol. The summed E-state index contributed by atoms with van der Waals surface area (Å²) < 4.78 is 13.1. The molecule has 1 amide bonds. The summed E-state index contributed by atoms with van der Waals surface area (Å²) in [7, 11) is 0. The number of hydrogen-bond acceptors (Lipinski definition) is 6. The topological polar surface area (TPSA) is 55.8 Å². The summed E-state index contributed by atoms with van der Waals surface area (Å²) in [6.07, 6.45) is 1.48. The molecule has 2 aromatic rings. The Hall–Kier alpha value is -2.74. The van der Waals surface area contributed by atoms with Crippen molar-refractivity contribution >= 4 is 17.4 Å². The van der Waals surface area contributed by atoms with Crippen molar-refractivity contribution in [2.75, 3.05) is 68.7 Å². The molecular formula is C21H27FN6O. The molecule has 0 saturated carbocycles. The Labute approximate surface area is 170 Å². The van der Waals surface area contributed by atoms with Crippen molar-refractivity contribution in [2.45, 2.75) is 6.92 Å². The molecule has 154 valence electrons. The zero-order valence-electron chi connectivity index (χ0n) is 16.8. The number of anilines is 2. The van der Waals surface area contributed by atoms with Gasteiger partial charge in [0.05, 0.1) is 0 Å². The van der Waals surface area contributed by atoms with Crippen LogP contribution in [-0.2, 0) is 0 Å². The van der Waals surface area contributed by atoms with E-state index in [2.05, 4.69) is 31.6 Å². The van der Waals surface area contributed by atoms with E-state index >= 15 is 0 Å². The Morgan fingerprint density at radius 2 is 1.59 bits per heavy atom. The Morgan fingerprint density at radius 1 is 0.931 bits per heavy atom. The SMILES string of the molecule is CCN1CCN(C(=O)c2cc(N3CCN(c4ccc(F)cc4)CC3)ncn2)CC1. The fraction of sp³-hybridized carbons (Fsp3) is 0.476. The van der Waals surface area contributed by atoms with Crippen LogP contribution in [0.3, 0.4) is 0 Å². The van der Waals surface area contributed by atoms with Gasteiger partial charge in [-0.15, -0.1) is 0 Å². The highest BCUT2D eigenvalue weighted by atomic mass is 19.1. The molecule has 0 atom stereocenters. The summed E-state index contributed by atoms with van der Waals surface area (Å²) in [5, 5.41) is 0. The first kappa shape index (κ1) is 19.6. The van der Waals surface area contributed by atoms with Crippen molar-refractivity contribution < 1.29 is 9.18 Å². The van der Waals surface area contributed by atoms with Crippen molar-refractivity contribution in [2.24, 2.45) is 0 Å². The number of hydrogen-bond donors (Lipinski definition) is 0. The lowest BCUT2D eigenvalue weighted by Crippen LogP contribution is -2.49. The van der Waals surface area contributed by atoms with Gasteiger partial charge in [0.2, 0.25) is 0 Å². The number of nitrogens with zero attached hydrogens (tertiary/aromatic N) is 6. The fourth-order valence-corrected chi connectivity index (χ4v) is 3.91.